The highest BCUT2D eigenvalue weighted by atomic mass is 32.2. The quantitative estimate of drug-likeness (QED) is 0.0649. The number of aryl methyl sites for hydroxylation is 2. The molecule has 11 heteroatoms. The van der Waals surface area contributed by atoms with Gasteiger partial charge in [0.15, 0.2) is 31.3 Å². The first-order valence-corrected chi connectivity index (χ1v) is 20.9. The SMILES string of the molecule is CP(=O)(O)CC[n+]1ccc(-c2cc[n+](CCCCCC(CCCP(=O)(O)O)CN3c4ccccc4Sc4ccccc43)cc2)cc1. The molecule has 1 aliphatic heterocycles. The van der Waals surface area contributed by atoms with Gasteiger partial charge in [0.05, 0.1) is 17.5 Å². The molecule has 0 spiro atoms. The van der Waals surface area contributed by atoms with Crippen LogP contribution in [0.15, 0.2) is 107 Å². The standard InChI is InChI=1S/C35H43N3O5P2S/c1-44(39,40)27-25-37-23-18-31(19-24-37)30-16-21-36(22-17-30)20-8-2-3-10-29(11-9-26-45(41,42)43)28-38-32-12-4-6-14-34(32)46-35-15-7-5-13-33(35)38/h4-7,12-19,21-24,29H,2-3,8-11,20,25-28H2,1H3,(H-2,39,40,41,42,43)/p+2. The average molecular weight is 682 g/mol. The van der Waals surface area contributed by atoms with Crippen LogP contribution in [-0.2, 0) is 22.2 Å². The van der Waals surface area contributed by atoms with Crippen LogP contribution in [0.1, 0.15) is 38.5 Å². The van der Waals surface area contributed by atoms with Crippen LogP contribution in [0.4, 0.5) is 11.4 Å². The van der Waals surface area contributed by atoms with Crippen LogP contribution in [0.25, 0.3) is 11.1 Å². The summed E-state index contributed by atoms with van der Waals surface area (Å²) >= 11 is 1.80. The second kappa shape index (κ2) is 15.9. The molecule has 3 heterocycles. The number of hydrogen-bond donors (Lipinski definition) is 3. The Kier molecular flexibility index (Phi) is 11.9. The fraction of sp³-hybridized carbons (Fsp3) is 0.371. The van der Waals surface area contributed by atoms with Crippen LogP contribution in [0.3, 0.4) is 0 Å². The Balaban J connectivity index is 1.14. The number of para-hydroxylation sites is 2. The first kappa shape index (κ1) is 34.6. The van der Waals surface area contributed by atoms with Gasteiger partial charge in [0.25, 0.3) is 0 Å². The van der Waals surface area contributed by atoms with Gasteiger partial charge in [-0.3, -0.25) is 9.13 Å². The van der Waals surface area contributed by atoms with Crippen LogP contribution in [-0.4, -0.2) is 40.2 Å². The maximum absolute atomic E-state index is 11.6. The molecule has 8 nitrogen and oxygen atoms in total. The van der Waals surface area contributed by atoms with Crippen LogP contribution in [0.2, 0.25) is 0 Å². The molecule has 0 saturated heterocycles. The lowest BCUT2D eigenvalue weighted by Gasteiger charge is -2.35. The number of rotatable bonds is 16. The summed E-state index contributed by atoms with van der Waals surface area (Å²) in [6.07, 6.45) is 13.9. The highest BCUT2D eigenvalue weighted by Gasteiger charge is 2.26. The zero-order valence-corrected chi connectivity index (χ0v) is 29.0. The van der Waals surface area contributed by atoms with E-state index in [-0.39, 0.29) is 12.3 Å². The molecule has 4 aromatic rings. The van der Waals surface area contributed by atoms with Crippen LogP contribution in [0.5, 0.6) is 0 Å². The van der Waals surface area contributed by atoms with E-state index < -0.39 is 15.0 Å². The van der Waals surface area contributed by atoms with E-state index in [1.54, 1.807) is 11.8 Å². The zero-order chi connectivity index (χ0) is 32.6. The normalized spacial score (nSPS) is 14.7. The van der Waals surface area contributed by atoms with Crippen LogP contribution >= 0.6 is 26.7 Å². The van der Waals surface area contributed by atoms with Gasteiger partial charge in [-0.2, -0.15) is 0 Å². The summed E-state index contributed by atoms with van der Waals surface area (Å²) in [5, 5.41) is 0. The first-order chi connectivity index (χ1) is 22.0. The van der Waals surface area contributed by atoms with Crippen LogP contribution < -0.4 is 14.0 Å². The second-order valence-corrected chi connectivity index (χ2v) is 17.7. The van der Waals surface area contributed by atoms with Crippen molar-refractivity contribution in [1.29, 1.82) is 0 Å². The molecule has 0 fully saturated rings. The molecule has 0 aliphatic carbocycles. The molecule has 3 N–H and O–H groups in total. The lowest BCUT2D eigenvalue weighted by molar-refractivity contribution is -0.697. The third-order valence-corrected chi connectivity index (χ3v) is 11.5. The lowest BCUT2D eigenvalue weighted by Crippen LogP contribution is -2.34. The molecule has 2 unspecified atom stereocenters. The van der Waals surface area contributed by atoms with Gasteiger partial charge < -0.3 is 19.6 Å². The zero-order valence-electron chi connectivity index (χ0n) is 26.4. The van der Waals surface area contributed by atoms with Crippen molar-refractivity contribution < 1.29 is 32.9 Å². The Hall–Kier alpha value is -2.77. The number of benzene rings is 2. The molecule has 5 rings (SSSR count). The minimum atomic E-state index is -4.01. The van der Waals surface area contributed by atoms with Gasteiger partial charge in [-0.05, 0) is 67.0 Å². The number of pyridine rings is 2. The van der Waals surface area contributed by atoms with Crippen molar-refractivity contribution in [3.8, 4) is 11.1 Å². The molecule has 0 saturated carbocycles. The minimum absolute atomic E-state index is 0.0616. The monoisotopic (exact) mass is 681 g/mol. The number of unbranched alkanes of at least 4 members (excludes halogenated alkanes) is 2. The predicted octanol–water partition coefficient (Wildman–Crippen LogP) is 7.27. The van der Waals surface area contributed by atoms with Gasteiger partial charge in [0.1, 0.15) is 6.54 Å². The summed E-state index contributed by atoms with van der Waals surface area (Å²) in [5.74, 6) is 0.322. The third kappa shape index (κ3) is 10.4. The van der Waals surface area contributed by atoms with Crippen molar-refractivity contribution in [2.75, 3.05) is 30.4 Å². The van der Waals surface area contributed by atoms with Gasteiger partial charge in [0.2, 0.25) is 7.37 Å². The van der Waals surface area contributed by atoms with Crippen molar-refractivity contribution in [3.63, 3.8) is 0 Å². The molecule has 0 radical (unpaired) electrons. The van der Waals surface area contributed by atoms with E-state index in [4.69, 9.17) is 0 Å². The van der Waals surface area contributed by atoms with Gasteiger partial charge in [-0.15, -0.1) is 0 Å². The minimum Gasteiger partial charge on any atom is -0.344 e. The van der Waals surface area contributed by atoms with Gasteiger partial charge in [-0.25, -0.2) is 9.13 Å². The number of fused-ring (bicyclic) bond motifs is 2. The Bertz CT molecular complexity index is 1630. The summed E-state index contributed by atoms with van der Waals surface area (Å²) in [6, 6.07) is 25.3. The molecule has 2 aromatic carbocycles. The summed E-state index contributed by atoms with van der Waals surface area (Å²) in [5.41, 5.74) is 4.64. The highest BCUT2D eigenvalue weighted by Crippen LogP contribution is 2.48. The molecule has 1 aliphatic rings. The summed E-state index contributed by atoms with van der Waals surface area (Å²) in [4.78, 5) is 33.4. The molecule has 244 valence electrons. The van der Waals surface area contributed by atoms with E-state index >= 15 is 0 Å². The molecule has 2 atom stereocenters. The van der Waals surface area contributed by atoms with Crippen LogP contribution in [0, 0.1) is 5.92 Å². The van der Waals surface area contributed by atoms with Crippen molar-refractivity contribution in [3.05, 3.63) is 97.6 Å². The van der Waals surface area contributed by atoms with Crippen molar-refractivity contribution in [2.45, 2.75) is 61.4 Å². The van der Waals surface area contributed by atoms with E-state index in [0.717, 1.165) is 56.3 Å². The predicted molar refractivity (Wildman–Crippen MR) is 185 cm³/mol. The van der Waals surface area contributed by atoms with E-state index in [1.165, 1.54) is 27.8 Å². The van der Waals surface area contributed by atoms with Gasteiger partial charge >= 0.3 is 7.60 Å². The highest BCUT2D eigenvalue weighted by molar-refractivity contribution is 7.99. The largest absolute Gasteiger partial charge is 0.344 e. The fourth-order valence-corrected chi connectivity index (χ4v) is 8.24. The number of anilines is 2. The average Bonchev–Trinajstić information content (AvgIpc) is 3.03. The second-order valence-electron chi connectivity index (χ2n) is 12.3. The molecule has 0 bridgehead atoms. The van der Waals surface area contributed by atoms with E-state index in [1.807, 2.05) is 29.1 Å². The maximum Gasteiger partial charge on any atom is 0.325 e. The van der Waals surface area contributed by atoms with E-state index in [2.05, 4.69) is 82.5 Å². The number of aromatic nitrogens is 2. The Morgan fingerprint density at radius 3 is 1.74 bits per heavy atom. The molecular formula is C35H45N3O5P2S+2. The number of nitrogens with zero attached hydrogens (tertiary/aromatic N) is 3. The third-order valence-electron chi connectivity index (χ3n) is 8.45. The Morgan fingerprint density at radius 2 is 1.20 bits per heavy atom. The topological polar surface area (TPSA) is 106 Å². The lowest BCUT2D eigenvalue weighted by atomic mass is 9.95. The fourth-order valence-electron chi connectivity index (χ4n) is 5.95. The maximum atomic E-state index is 11.6. The summed E-state index contributed by atoms with van der Waals surface area (Å²) in [7, 11) is -7.03. The smallest absolute Gasteiger partial charge is 0.325 e. The Morgan fingerprint density at radius 1 is 0.674 bits per heavy atom. The van der Waals surface area contributed by atoms with Crippen molar-refractivity contribution in [1.82, 2.24) is 0 Å². The molecular weight excluding hydrogens is 636 g/mol. The van der Waals surface area contributed by atoms with Crippen molar-refractivity contribution in [2.24, 2.45) is 5.92 Å². The van der Waals surface area contributed by atoms with E-state index in [9.17, 15) is 23.8 Å². The van der Waals surface area contributed by atoms with Gasteiger partial charge in [0, 0.05) is 59.8 Å². The molecule has 2 aromatic heterocycles. The van der Waals surface area contributed by atoms with Crippen molar-refractivity contribution >= 4 is 38.1 Å². The first-order valence-electron chi connectivity index (χ1n) is 16.0. The molecule has 46 heavy (non-hydrogen) atoms. The summed E-state index contributed by atoms with van der Waals surface area (Å²) < 4.78 is 27.3. The summed E-state index contributed by atoms with van der Waals surface area (Å²) in [6.45, 7) is 3.67. The Labute approximate surface area is 276 Å². The van der Waals surface area contributed by atoms with E-state index in [0.29, 0.717) is 18.9 Å². The molecule has 0 amide bonds. The van der Waals surface area contributed by atoms with Gasteiger partial charge in [-0.1, -0.05) is 42.4 Å². The number of hydrogen-bond acceptors (Lipinski definition) is 4.